The van der Waals surface area contributed by atoms with Crippen LogP contribution in [0, 0.1) is 6.92 Å². The average Bonchev–Trinajstić information content (AvgIpc) is 2.67. The van der Waals surface area contributed by atoms with Crippen LogP contribution >= 0.6 is 0 Å². The summed E-state index contributed by atoms with van der Waals surface area (Å²) in [6, 6.07) is 13.0. The molecular weight excluding hydrogens is 328 g/mol. The maximum absolute atomic E-state index is 13.1. The molecule has 0 radical (unpaired) electrons. The third-order valence-electron chi connectivity index (χ3n) is 4.46. The number of aryl methyl sites for hydroxylation is 1. The van der Waals surface area contributed by atoms with Gasteiger partial charge in [0.2, 0.25) is 0 Å². The highest BCUT2D eigenvalue weighted by Gasteiger charge is 2.18. The summed E-state index contributed by atoms with van der Waals surface area (Å²) >= 11 is 0. The largest absolute Gasteiger partial charge is 0.497 e. The monoisotopic (exact) mass is 350 g/mol. The van der Waals surface area contributed by atoms with E-state index in [0.717, 1.165) is 28.6 Å². The van der Waals surface area contributed by atoms with Gasteiger partial charge in [-0.3, -0.25) is 9.78 Å². The van der Waals surface area contributed by atoms with Gasteiger partial charge in [-0.05, 0) is 37.1 Å². The minimum absolute atomic E-state index is 0.181. The van der Waals surface area contributed by atoms with Crippen LogP contribution in [0.4, 0.5) is 5.69 Å². The van der Waals surface area contributed by atoms with E-state index in [0.29, 0.717) is 22.7 Å². The first-order valence-corrected chi connectivity index (χ1v) is 8.50. The highest BCUT2D eigenvalue weighted by atomic mass is 16.5. The molecule has 5 nitrogen and oxygen atoms in total. The lowest BCUT2D eigenvalue weighted by atomic mass is 9.99. The zero-order chi connectivity index (χ0) is 18.7. The number of pyridine rings is 1. The van der Waals surface area contributed by atoms with Gasteiger partial charge in [0.05, 0.1) is 31.0 Å². The Morgan fingerprint density at radius 3 is 2.58 bits per heavy atom. The molecule has 1 amide bonds. The number of carbonyl (C=O) groups excluding carboxylic acids is 1. The number of anilines is 1. The van der Waals surface area contributed by atoms with Crippen LogP contribution in [0.3, 0.4) is 0 Å². The maximum atomic E-state index is 13.1. The normalized spacial score (nSPS) is 10.6. The van der Waals surface area contributed by atoms with Crippen molar-refractivity contribution in [2.75, 3.05) is 19.5 Å². The fraction of sp³-hybridized carbons (Fsp3) is 0.238. The first-order valence-electron chi connectivity index (χ1n) is 8.50. The summed E-state index contributed by atoms with van der Waals surface area (Å²) in [6.45, 7) is 3.98. The molecule has 0 fully saturated rings. The van der Waals surface area contributed by atoms with Gasteiger partial charge in [0.1, 0.15) is 11.5 Å². The molecule has 0 saturated heterocycles. The molecule has 1 heterocycles. The van der Waals surface area contributed by atoms with Gasteiger partial charge < -0.3 is 14.8 Å². The Hall–Kier alpha value is -3.08. The SMILES string of the molecule is CCc1nc2ccccc2c(C(=O)Nc2ccc(OC)cc2OC)c1C. The number of amides is 1. The van der Waals surface area contributed by atoms with Crippen LogP contribution in [0.1, 0.15) is 28.5 Å². The minimum atomic E-state index is -0.181. The van der Waals surface area contributed by atoms with Gasteiger partial charge in [-0.25, -0.2) is 0 Å². The molecule has 1 N–H and O–H groups in total. The number of nitrogens with one attached hydrogen (secondary N) is 1. The van der Waals surface area contributed by atoms with Gasteiger partial charge in [-0.1, -0.05) is 25.1 Å². The Balaban J connectivity index is 2.07. The van der Waals surface area contributed by atoms with Crippen molar-refractivity contribution >= 4 is 22.5 Å². The lowest BCUT2D eigenvalue weighted by Gasteiger charge is -2.15. The number of para-hydroxylation sites is 1. The van der Waals surface area contributed by atoms with Crippen LogP contribution in [0.25, 0.3) is 10.9 Å². The van der Waals surface area contributed by atoms with Gasteiger partial charge in [-0.15, -0.1) is 0 Å². The summed E-state index contributed by atoms with van der Waals surface area (Å²) in [5.41, 5.74) is 3.88. The zero-order valence-electron chi connectivity index (χ0n) is 15.4. The number of ether oxygens (including phenoxy) is 2. The van der Waals surface area contributed by atoms with E-state index >= 15 is 0 Å². The zero-order valence-corrected chi connectivity index (χ0v) is 15.4. The third-order valence-corrected chi connectivity index (χ3v) is 4.46. The summed E-state index contributed by atoms with van der Waals surface area (Å²) in [5.74, 6) is 1.03. The average molecular weight is 350 g/mol. The van der Waals surface area contributed by atoms with Crippen LogP contribution in [0.15, 0.2) is 42.5 Å². The van der Waals surface area contributed by atoms with Gasteiger partial charge in [0, 0.05) is 17.1 Å². The van der Waals surface area contributed by atoms with Crippen molar-refractivity contribution in [3.63, 3.8) is 0 Å². The molecule has 0 aliphatic rings. The van der Waals surface area contributed by atoms with Crippen molar-refractivity contribution in [3.05, 3.63) is 59.3 Å². The number of benzene rings is 2. The molecule has 0 bridgehead atoms. The first-order chi connectivity index (χ1) is 12.6. The van der Waals surface area contributed by atoms with E-state index in [-0.39, 0.29) is 5.91 Å². The standard InChI is InChI=1S/C21H22N2O3/c1-5-16-13(2)20(15-8-6-7-9-17(15)22-16)21(24)23-18-11-10-14(25-3)12-19(18)26-4/h6-12H,5H2,1-4H3,(H,23,24). The quantitative estimate of drug-likeness (QED) is 0.742. The van der Waals surface area contributed by atoms with Gasteiger partial charge >= 0.3 is 0 Å². The van der Waals surface area contributed by atoms with E-state index in [1.54, 1.807) is 32.4 Å². The van der Waals surface area contributed by atoms with E-state index < -0.39 is 0 Å². The Labute approximate surface area is 153 Å². The second-order valence-corrected chi connectivity index (χ2v) is 5.95. The first kappa shape index (κ1) is 17.7. The van der Waals surface area contributed by atoms with Gasteiger partial charge in [0.25, 0.3) is 5.91 Å². The number of hydrogen-bond acceptors (Lipinski definition) is 4. The minimum Gasteiger partial charge on any atom is -0.497 e. The summed E-state index contributed by atoms with van der Waals surface area (Å²) in [7, 11) is 3.15. The molecule has 0 atom stereocenters. The number of fused-ring (bicyclic) bond motifs is 1. The Bertz CT molecular complexity index is 967. The van der Waals surface area contributed by atoms with E-state index in [4.69, 9.17) is 9.47 Å². The van der Waals surface area contributed by atoms with Crippen LogP contribution in [0.5, 0.6) is 11.5 Å². The van der Waals surface area contributed by atoms with E-state index in [1.807, 2.05) is 38.1 Å². The van der Waals surface area contributed by atoms with Crippen LogP contribution in [-0.2, 0) is 6.42 Å². The molecule has 0 spiro atoms. The van der Waals surface area contributed by atoms with E-state index in [2.05, 4.69) is 10.3 Å². The number of aromatic nitrogens is 1. The number of methoxy groups -OCH3 is 2. The number of carbonyl (C=O) groups is 1. The highest BCUT2D eigenvalue weighted by Crippen LogP contribution is 2.31. The van der Waals surface area contributed by atoms with Gasteiger partial charge in [0.15, 0.2) is 0 Å². The number of nitrogens with zero attached hydrogens (tertiary/aromatic N) is 1. The highest BCUT2D eigenvalue weighted by molar-refractivity contribution is 6.14. The fourth-order valence-corrected chi connectivity index (χ4v) is 3.08. The molecular formula is C21H22N2O3. The molecule has 0 aliphatic carbocycles. The summed E-state index contributed by atoms with van der Waals surface area (Å²) in [4.78, 5) is 17.8. The molecule has 2 aromatic carbocycles. The second-order valence-electron chi connectivity index (χ2n) is 5.95. The van der Waals surface area contributed by atoms with E-state index in [1.165, 1.54) is 0 Å². The van der Waals surface area contributed by atoms with Crippen LogP contribution in [0.2, 0.25) is 0 Å². The molecule has 5 heteroatoms. The number of hydrogen-bond donors (Lipinski definition) is 1. The topological polar surface area (TPSA) is 60.5 Å². The Morgan fingerprint density at radius 1 is 1.12 bits per heavy atom. The lowest BCUT2D eigenvalue weighted by molar-refractivity contribution is 0.102. The molecule has 3 rings (SSSR count). The summed E-state index contributed by atoms with van der Waals surface area (Å²) in [6.07, 6.45) is 0.767. The summed E-state index contributed by atoms with van der Waals surface area (Å²) < 4.78 is 10.6. The lowest BCUT2D eigenvalue weighted by Crippen LogP contribution is -2.16. The van der Waals surface area contributed by atoms with E-state index in [9.17, 15) is 4.79 Å². The molecule has 134 valence electrons. The van der Waals surface area contributed by atoms with Crippen LogP contribution in [-0.4, -0.2) is 25.1 Å². The van der Waals surface area contributed by atoms with Crippen molar-refractivity contribution in [2.24, 2.45) is 0 Å². The molecule has 0 aliphatic heterocycles. The Morgan fingerprint density at radius 2 is 1.88 bits per heavy atom. The molecule has 26 heavy (non-hydrogen) atoms. The predicted molar refractivity (Wildman–Crippen MR) is 103 cm³/mol. The predicted octanol–water partition coefficient (Wildman–Crippen LogP) is 4.38. The van der Waals surface area contributed by atoms with Gasteiger partial charge in [-0.2, -0.15) is 0 Å². The molecule has 0 unspecified atom stereocenters. The third kappa shape index (κ3) is 3.20. The van der Waals surface area contributed by atoms with Crippen molar-refractivity contribution < 1.29 is 14.3 Å². The molecule has 0 saturated carbocycles. The Kier molecular flexibility index (Phi) is 5.07. The molecule has 1 aromatic heterocycles. The molecule has 3 aromatic rings. The summed E-state index contributed by atoms with van der Waals surface area (Å²) in [5, 5.41) is 3.81. The van der Waals surface area contributed by atoms with Crippen molar-refractivity contribution in [3.8, 4) is 11.5 Å². The van der Waals surface area contributed by atoms with Crippen LogP contribution < -0.4 is 14.8 Å². The maximum Gasteiger partial charge on any atom is 0.256 e. The smallest absolute Gasteiger partial charge is 0.256 e. The second kappa shape index (κ2) is 7.44. The fourth-order valence-electron chi connectivity index (χ4n) is 3.08. The van der Waals surface area contributed by atoms with Crippen molar-refractivity contribution in [2.45, 2.75) is 20.3 Å². The van der Waals surface area contributed by atoms with Crippen molar-refractivity contribution in [1.82, 2.24) is 4.98 Å². The number of rotatable bonds is 5. The van der Waals surface area contributed by atoms with Crippen molar-refractivity contribution in [1.29, 1.82) is 0 Å².